The molecule has 0 spiro atoms. The van der Waals surface area contributed by atoms with Crippen LogP contribution in [0.2, 0.25) is 0 Å². The van der Waals surface area contributed by atoms with Gasteiger partial charge in [-0.3, -0.25) is 14.4 Å². The van der Waals surface area contributed by atoms with E-state index in [2.05, 4.69) is 5.32 Å². The number of nitrogens with zero attached hydrogens (tertiary/aromatic N) is 1. The van der Waals surface area contributed by atoms with Gasteiger partial charge in [0, 0.05) is 6.54 Å². The van der Waals surface area contributed by atoms with Crippen molar-refractivity contribution in [3.8, 4) is 0 Å². The van der Waals surface area contributed by atoms with Crippen LogP contribution in [0.4, 0.5) is 0 Å². The lowest BCUT2D eigenvalue weighted by atomic mass is 9.34. The Bertz CT molecular complexity index is 680. The van der Waals surface area contributed by atoms with Crippen molar-refractivity contribution >= 4 is 17.8 Å². The average Bonchev–Trinajstić information content (AvgIpc) is 2.44. The van der Waals surface area contributed by atoms with Gasteiger partial charge in [-0.1, -0.05) is 30.3 Å². The van der Waals surface area contributed by atoms with E-state index < -0.39 is 16.8 Å². The summed E-state index contributed by atoms with van der Waals surface area (Å²) >= 11 is 0. The normalized spacial score (nSPS) is 34.9. The second kappa shape index (κ2) is 4.57. The summed E-state index contributed by atoms with van der Waals surface area (Å²) in [6.07, 6.45) is 1.23. The van der Waals surface area contributed by atoms with E-state index in [9.17, 15) is 19.5 Å². The number of nitrogens with one attached hydrogen (secondary N) is 1. The van der Waals surface area contributed by atoms with E-state index in [0.29, 0.717) is 25.8 Å². The Hall–Kier alpha value is -2.37. The van der Waals surface area contributed by atoms with Gasteiger partial charge in [-0.25, -0.2) is 0 Å². The summed E-state index contributed by atoms with van der Waals surface area (Å²) in [6, 6.07) is 9.45. The largest absolute Gasteiger partial charge is 0.481 e. The molecule has 4 fully saturated rings. The number of carbonyl (C=O) groups is 3. The van der Waals surface area contributed by atoms with E-state index >= 15 is 0 Å². The lowest BCUT2D eigenvalue weighted by Gasteiger charge is -2.67. The number of benzene rings is 1. The highest BCUT2D eigenvalue weighted by atomic mass is 16.4. The van der Waals surface area contributed by atoms with Crippen LogP contribution in [-0.2, 0) is 14.4 Å². The first-order chi connectivity index (χ1) is 11.0. The number of carboxylic acid groups (broad SMARTS) is 1. The Morgan fingerprint density at radius 1 is 1.13 bits per heavy atom. The zero-order valence-corrected chi connectivity index (χ0v) is 12.6. The molecule has 2 bridgehead atoms. The second-order valence-electron chi connectivity index (χ2n) is 7.06. The maximum Gasteiger partial charge on any atom is 0.309 e. The molecular formula is C17H18N2O4. The summed E-state index contributed by atoms with van der Waals surface area (Å²) < 4.78 is 0. The fourth-order valence-electron chi connectivity index (χ4n) is 4.37. The van der Waals surface area contributed by atoms with Gasteiger partial charge >= 0.3 is 5.97 Å². The van der Waals surface area contributed by atoms with Gasteiger partial charge < -0.3 is 15.3 Å². The number of amides is 2. The molecule has 3 saturated carbocycles. The number of hydrogen-bond donors (Lipinski definition) is 2. The molecule has 6 nitrogen and oxygen atoms in total. The van der Waals surface area contributed by atoms with Crippen molar-refractivity contribution in [3.63, 3.8) is 0 Å². The third-order valence-electron chi connectivity index (χ3n) is 5.57. The Kier molecular flexibility index (Phi) is 2.83. The van der Waals surface area contributed by atoms with Crippen LogP contribution >= 0.6 is 0 Å². The van der Waals surface area contributed by atoms with Crippen LogP contribution in [0.1, 0.15) is 30.9 Å². The quantitative estimate of drug-likeness (QED) is 0.869. The molecule has 5 rings (SSSR count). The lowest BCUT2D eigenvalue weighted by Crippen LogP contribution is -2.72. The minimum Gasteiger partial charge on any atom is -0.481 e. The van der Waals surface area contributed by atoms with Crippen LogP contribution in [0.25, 0.3) is 0 Å². The fourth-order valence-corrected chi connectivity index (χ4v) is 4.37. The van der Waals surface area contributed by atoms with E-state index in [-0.39, 0.29) is 24.4 Å². The van der Waals surface area contributed by atoms with Gasteiger partial charge in [0.25, 0.3) is 0 Å². The van der Waals surface area contributed by atoms with E-state index in [4.69, 9.17) is 0 Å². The molecule has 1 aromatic carbocycles. The summed E-state index contributed by atoms with van der Waals surface area (Å²) in [5.41, 5.74) is -0.251. The molecule has 23 heavy (non-hydrogen) atoms. The number of piperazine rings is 1. The smallest absolute Gasteiger partial charge is 0.309 e. The van der Waals surface area contributed by atoms with Gasteiger partial charge in [-0.2, -0.15) is 0 Å². The van der Waals surface area contributed by atoms with Gasteiger partial charge in [0.05, 0.1) is 16.9 Å². The molecule has 1 atom stereocenters. The minimum absolute atomic E-state index is 0.0419. The van der Waals surface area contributed by atoms with Crippen molar-refractivity contribution in [2.24, 2.45) is 10.8 Å². The van der Waals surface area contributed by atoms with Gasteiger partial charge in [-0.05, 0) is 24.8 Å². The van der Waals surface area contributed by atoms with Crippen LogP contribution in [0.3, 0.4) is 0 Å². The number of hydrogen-bond acceptors (Lipinski definition) is 3. The molecular weight excluding hydrogens is 296 g/mol. The zero-order valence-electron chi connectivity index (χ0n) is 12.6. The molecule has 2 amide bonds. The van der Waals surface area contributed by atoms with Crippen molar-refractivity contribution in [3.05, 3.63) is 35.9 Å². The first-order valence-electron chi connectivity index (χ1n) is 7.82. The van der Waals surface area contributed by atoms with Crippen LogP contribution in [0.15, 0.2) is 30.3 Å². The summed E-state index contributed by atoms with van der Waals surface area (Å²) in [4.78, 5) is 37.6. The highest BCUT2D eigenvalue weighted by molar-refractivity contribution is 5.95. The van der Waals surface area contributed by atoms with E-state index in [1.54, 1.807) is 4.90 Å². The average molecular weight is 314 g/mol. The van der Waals surface area contributed by atoms with Gasteiger partial charge in [-0.15, -0.1) is 0 Å². The van der Waals surface area contributed by atoms with E-state index in [0.717, 1.165) is 5.56 Å². The molecule has 6 heteroatoms. The maximum atomic E-state index is 13.0. The number of rotatable bonds is 3. The molecule has 3 aliphatic carbocycles. The lowest BCUT2D eigenvalue weighted by molar-refractivity contribution is -0.227. The van der Waals surface area contributed by atoms with Crippen LogP contribution in [-0.4, -0.2) is 40.9 Å². The Morgan fingerprint density at radius 3 is 2.39 bits per heavy atom. The molecule has 0 aromatic heterocycles. The van der Waals surface area contributed by atoms with Gasteiger partial charge in [0.15, 0.2) is 0 Å². The molecule has 120 valence electrons. The van der Waals surface area contributed by atoms with Crippen LogP contribution in [0, 0.1) is 10.8 Å². The van der Waals surface area contributed by atoms with E-state index in [1.807, 2.05) is 30.3 Å². The van der Waals surface area contributed by atoms with Crippen LogP contribution in [0.5, 0.6) is 0 Å². The predicted octanol–water partition coefficient (Wildman–Crippen LogP) is 0.941. The first-order valence-corrected chi connectivity index (χ1v) is 7.82. The zero-order chi connectivity index (χ0) is 16.2. The van der Waals surface area contributed by atoms with Crippen molar-refractivity contribution in [1.82, 2.24) is 10.2 Å². The minimum atomic E-state index is -0.803. The van der Waals surface area contributed by atoms with Crippen molar-refractivity contribution in [2.45, 2.75) is 25.3 Å². The monoisotopic (exact) mass is 314 g/mol. The maximum absolute atomic E-state index is 13.0. The summed E-state index contributed by atoms with van der Waals surface area (Å²) in [6.45, 7) is 0.439. The summed E-state index contributed by atoms with van der Waals surface area (Å²) in [7, 11) is 0. The Labute approximate surface area is 133 Å². The number of carbonyl (C=O) groups excluding carboxylic acids is 2. The number of carboxylic acids is 1. The first kappa shape index (κ1) is 14.2. The van der Waals surface area contributed by atoms with Crippen LogP contribution < -0.4 is 5.32 Å². The molecule has 2 N–H and O–H groups in total. The Balaban J connectivity index is 1.57. The third-order valence-corrected chi connectivity index (χ3v) is 5.57. The fraction of sp³-hybridized carbons (Fsp3) is 0.471. The van der Waals surface area contributed by atoms with Gasteiger partial charge in [0.2, 0.25) is 11.8 Å². The molecule has 1 aliphatic heterocycles. The molecule has 1 heterocycles. The SMILES string of the molecule is O=C1CN(C(=O)C23CC(C(=O)O)(C2)C3)C(c2ccccc2)CN1. The molecule has 4 aliphatic rings. The third kappa shape index (κ3) is 1.90. The Morgan fingerprint density at radius 2 is 1.78 bits per heavy atom. The molecule has 1 unspecified atom stereocenters. The predicted molar refractivity (Wildman–Crippen MR) is 80.3 cm³/mol. The van der Waals surface area contributed by atoms with E-state index in [1.165, 1.54) is 0 Å². The highest BCUT2D eigenvalue weighted by Gasteiger charge is 2.76. The topological polar surface area (TPSA) is 86.7 Å². The molecule has 1 saturated heterocycles. The summed E-state index contributed by atoms with van der Waals surface area (Å²) in [5, 5.41) is 12.0. The van der Waals surface area contributed by atoms with Gasteiger partial charge in [0.1, 0.15) is 6.54 Å². The highest BCUT2D eigenvalue weighted by Crippen LogP contribution is 2.74. The summed E-state index contributed by atoms with van der Waals surface area (Å²) in [5.74, 6) is -1.03. The van der Waals surface area contributed by atoms with Crippen molar-refractivity contribution < 1.29 is 19.5 Å². The molecule has 0 radical (unpaired) electrons. The number of aliphatic carboxylic acids is 1. The standard InChI is InChI=1S/C17H18N2O4/c20-13-7-19(12(6-18-13)11-4-2-1-3-5-11)14(21)16-8-17(9-16,10-16)15(22)23/h1-5,12H,6-10H2,(H,18,20)(H,22,23). The second-order valence-corrected chi connectivity index (χ2v) is 7.06. The molecule has 1 aromatic rings. The van der Waals surface area contributed by atoms with Crippen molar-refractivity contribution in [2.75, 3.05) is 13.1 Å². The van der Waals surface area contributed by atoms with Crippen molar-refractivity contribution in [1.29, 1.82) is 0 Å².